The average Bonchev–Trinajstić information content (AvgIpc) is 1.81. The number of sulfonamides is 1. The zero-order valence-electron chi connectivity index (χ0n) is 5.74. The van der Waals surface area contributed by atoms with E-state index < -0.39 is 16.1 Å². The zero-order valence-corrected chi connectivity index (χ0v) is 6.56. The Balaban J connectivity index is 4.00. The van der Waals surface area contributed by atoms with E-state index in [0.29, 0.717) is 0 Å². The molecule has 0 aliphatic rings. The Labute approximate surface area is 60.6 Å². The topological polar surface area (TPSA) is 66.4 Å². The Morgan fingerprint density at radius 2 is 2.30 bits per heavy atom. The monoisotopic (exact) mass is 165 g/mol. The fourth-order valence-electron chi connectivity index (χ4n) is 0.435. The van der Waals surface area contributed by atoms with Crippen molar-refractivity contribution >= 4 is 10.0 Å². The summed E-state index contributed by atoms with van der Waals surface area (Å²) in [6.45, 7) is 3.06. The van der Waals surface area contributed by atoms with Gasteiger partial charge in [-0.2, -0.15) is 0 Å². The van der Waals surface area contributed by atoms with Gasteiger partial charge >= 0.3 is 0 Å². The predicted molar refractivity (Wildman–Crippen MR) is 39.1 cm³/mol. The molecule has 60 valence electrons. The number of hydrogen-bond donors (Lipinski definition) is 2. The maximum absolute atomic E-state index is 10.5. The summed E-state index contributed by atoms with van der Waals surface area (Å²) in [5, 5.41) is 8.49. The third kappa shape index (κ3) is 4.49. The van der Waals surface area contributed by atoms with Gasteiger partial charge in [0.2, 0.25) is 10.0 Å². The first kappa shape index (κ1) is 9.61. The first-order valence-electron chi connectivity index (χ1n) is 2.70. The molecule has 0 spiro atoms. The maximum Gasteiger partial charge on any atom is 0.209 e. The van der Waals surface area contributed by atoms with Crippen molar-refractivity contribution in [2.45, 2.75) is 6.04 Å². The molecule has 0 aliphatic heterocycles. The summed E-state index contributed by atoms with van der Waals surface area (Å²) >= 11 is 0. The molecule has 0 aromatic carbocycles. The minimum Gasteiger partial charge on any atom is -0.394 e. The lowest BCUT2D eigenvalue weighted by atomic mass is 10.3. The van der Waals surface area contributed by atoms with Gasteiger partial charge in [0.05, 0.1) is 18.9 Å². The molecule has 0 rings (SSSR count). The number of rotatable bonds is 4. The van der Waals surface area contributed by atoms with Crippen molar-refractivity contribution in [3.8, 4) is 0 Å². The number of aliphatic hydroxyl groups is 1. The lowest BCUT2D eigenvalue weighted by molar-refractivity contribution is 0.276. The molecule has 0 aromatic rings. The molecule has 2 N–H and O–H groups in total. The van der Waals surface area contributed by atoms with E-state index in [0.717, 1.165) is 6.26 Å². The van der Waals surface area contributed by atoms with E-state index in [1.165, 1.54) is 6.08 Å². The first-order valence-corrected chi connectivity index (χ1v) is 4.59. The maximum atomic E-state index is 10.5. The van der Waals surface area contributed by atoms with E-state index in [2.05, 4.69) is 11.3 Å². The molecule has 10 heavy (non-hydrogen) atoms. The molecule has 0 aliphatic carbocycles. The van der Waals surface area contributed by atoms with Gasteiger partial charge in [0.15, 0.2) is 0 Å². The smallest absolute Gasteiger partial charge is 0.209 e. The average molecular weight is 165 g/mol. The highest BCUT2D eigenvalue weighted by Gasteiger charge is 2.07. The molecule has 0 saturated carbocycles. The van der Waals surface area contributed by atoms with E-state index in [-0.39, 0.29) is 6.61 Å². The summed E-state index contributed by atoms with van der Waals surface area (Å²) < 4.78 is 23.1. The van der Waals surface area contributed by atoms with Crippen LogP contribution in [0.4, 0.5) is 0 Å². The normalized spacial score (nSPS) is 14.6. The fourth-order valence-corrected chi connectivity index (χ4v) is 1.16. The van der Waals surface area contributed by atoms with Crippen LogP contribution in [0, 0.1) is 0 Å². The number of nitrogens with one attached hydrogen (secondary N) is 1. The van der Waals surface area contributed by atoms with Crippen LogP contribution in [0.3, 0.4) is 0 Å². The van der Waals surface area contributed by atoms with Gasteiger partial charge < -0.3 is 5.11 Å². The van der Waals surface area contributed by atoms with Crippen LogP contribution in [-0.2, 0) is 10.0 Å². The van der Waals surface area contributed by atoms with Crippen molar-refractivity contribution < 1.29 is 13.5 Å². The van der Waals surface area contributed by atoms with Crippen LogP contribution in [-0.4, -0.2) is 32.4 Å². The third-order valence-electron chi connectivity index (χ3n) is 0.847. The Morgan fingerprint density at radius 1 is 1.80 bits per heavy atom. The van der Waals surface area contributed by atoms with Crippen LogP contribution in [0.5, 0.6) is 0 Å². The summed E-state index contributed by atoms with van der Waals surface area (Å²) in [7, 11) is -3.23. The molecule has 0 amide bonds. The molecule has 0 unspecified atom stereocenters. The molecule has 0 radical (unpaired) electrons. The van der Waals surface area contributed by atoms with Gasteiger partial charge in [0.25, 0.3) is 0 Å². The molecule has 4 nitrogen and oxygen atoms in total. The van der Waals surface area contributed by atoms with Crippen molar-refractivity contribution in [1.29, 1.82) is 0 Å². The van der Waals surface area contributed by atoms with Gasteiger partial charge in [0.1, 0.15) is 0 Å². The van der Waals surface area contributed by atoms with Crippen molar-refractivity contribution in [3.63, 3.8) is 0 Å². The van der Waals surface area contributed by atoms with Gasteiger partial charge in [-0.3, -0.25) is 0 Å². The quantitative estimate of drug-likeness (QED) is 0.530. The largest absolute Gasteiger partial charge is 0.394 e. The van der Waals surface area contributed by atoms with Crippen LogP contribution in [0.25, 0.3) is 0 Å². The molecule has 5 heteroatoms. The fraction of sp³-hybridized carbons (Fsp3) is 0.600. The van der Waals surface area contributed by atoms with E-state index in [9.17, 15) is 8.42 Å². The molecular weight excluding hydrogens is 154 g/mol. The zero-order chi connectivity index (χ0) is 8.20. The standard InChI is InChI=1S/C5H11NO3S/c1-3-5(4-7)6-10(2,8)9/h3,5-7H,1,4H2,2H3/t5-/m0/s1. The van der Waals surface area contributed by atoms with Crippen molar-refractivity contribution in [1.82, 2.24) is 4.72 Å². The predicted octanol–water partition coefficient (Wildman–Crippen LogP) is -0.918. The van der Waals surface area contributed by atoms with E-state index in [1.54, 1.807) is 0 Å². The Hall–Kier alpha value is -0.390. The van der Waals surface area contributed by atoms with E-state index in [1.807, 2.05) is 0 Å². The molecule has 0 heterocycles. The van der Waals surface area contributed by atoms with Gasteiger partial charge in [-0.15, -0.1) is 6.58 Å². The lowest BCUT2D eigenvalue weighted by Crippen LogP contribution is -2.34. The molecule has 0 aromatic heterocycles. The second-order valence-electron chi connectivity index (χ2n) is 1.91. The molecule has 1 atom stereocenters. The van der Waals surface area contributed by atoms with Crippen molar-refractivity contribution in [2.24, 2.45) is 0 Å². The van der Waals surface area contributed by atoms with Crippen LogP contribution in [0.15, 0.2) is 12.7 Å². The highest BCUT2D eigenvalue weighted by atomic mass is 32.2. The minimum atomic E-state index is -3.23. The van der Waals surface area contributed by atoms with Crippen molar-refractivity contribution in [2.75, 3.05) is 12.9 Å². The van der Waals surface area contributed by atoms with E-state index in [4.69, 9.17) is 5.11 Å². The SMILES string of the molecule is C=C[C@@H](CO)NS(C)(=O)=O. The second-order valence-corrected chi connectivity index (χ2v) is 3.69. The molecule has 0 fully saturated rings. The van der Waals surface area contributed by atoms with Crippen LogP contribution in [0.1, 0.15) is 0 Å². The van der Waals surface area contributed by atoms with Crippen LogP contribution >= 0.6 is 0 Å². The van der Waals surface area contributed by atoms with E-state index >= 15 is 0 Å². The second kappa shape index (κ2) is 3.70. The summed E-state index contributed by atoms with van der Waals surface area (Å²) in [6, 6.07) is -0.574. The first-order chi connectivity index (χ1) is 4.49. The number of hydrogen-bond acceptors (Lipinski definition) is 3. The van der Waals surface area contributed by atoms with Crippen LogP contribution in [0.2, 0.25) is 0 Å². The Kier molecular flexibility index (Phi) is 3.55. The summed E-state index contributed by atoms with van der Waals surface area (Å²) in [5.41, 5.74) is 0. The third-order valence-corrected chi connectivity index (χ3v) is 1.58. The molecule has 0 saturated heterocycles. The summed E-state index contributed by atoms with van der Waals surface area (Å²) in [5.74, 6) is 0. The Bertz CT molecular complexity index is 197. The Morgan fingerprint density at radius 3 is 2.40 bits per heavy atom. The van der Waals surface area contributed by atoms with Gasteiger partial charge in [0, 0.05) is 0 Å². The molecule has 0 bridgehead atoms. The number of aliphatic hydroxyl groups excluding tert-OH is 1. The van der Waals surface area contributed by atoms with Gasteiger partial charge in [-0.25, -0.2) is 13.1 Å². The minimum absolute atomic E-state index is 0.267. The molecular formula is C5H11NO3S. The highest BCUT2D eigenvalue weighted by molar-refractivity contribution is 7.88. The van der Waals surface area contributed by atoms with Crippen molar-refractivity contribution in [3.05, 3.63) is 12.7 Å². The van der Waals surface area contributed by atoms with Gasteiger partial charge in [-0.1, -0.05) is 6.08 Å². The summed E-state index contributed by atoms with van der Waals surface area (Å²) in [4.78, 5) is 0. The highest BCUT2D eigenvalue weighted by Crippen LogP contribution is 1.85. The van der Waals surface area contributed by atoms with Crippen LogP contribution < -0.4 is 4.72 Å². The van der Waals surface area contributed by atoms with Gasteiger partial charge in [-0.05, 0) is 0 Å². The lowest BCUT2D eigenvalue weighted by Gasteiger charge is -2.07. The summed E-state index contributed by atoms with van der Waals surface area (Å²) in [6.07, 6.45) is 2.36.